The van der Waals surface area contributed by atoms with E-state index in [0.717, 1.165) is 0 Å². The van der Waals surface area contributed by atoms with Gasteiger partial charge in [-0.3, -0.25) is 19.3 Å². The van der Waals surface area contributed by atoms with Gasteiger partial charge in [0.15, 0.2) is 0 Å². The van der Waals surface area contributed by atoms with Gasteiger partial charge in [-0.25, -0.2) is 0 Å². The molecular weight excluding hydrogens is 450 g/mol. The summed E-state index contributed by atoms with van der Waals surface area (Å²) in [5, 5.41) is 5.73. The van der Waals surface area contributed by atoms with Crippen molar-refractivity contribution in [3.05, 3.63) is 48.0 Å². The zero-order valence-electron chi connectivity index (χ0n) is 21.1. The summed E-state index contributed by atoms with van der Waals surface area (Å²) in [5.74, 6) is -0.431. The van der Waals surface area contributed by atoms with Crippen LogP contribution in [0.25, 0.3) is 0 Å². The van der Waals surface area contributed by atoms with Crippen LogP contribution in [-0.4, -0.2) is 62.6 Å². The van der Waals surface area contributed by atoms with Gasteiger partial charge in [-0.1, -0.05) is 32.0 Å². The van der Waals surface area contributed by atoms with Gasteiger partial charge in [0.25, 0.3) is 5.91 Å². The number of carbonyl (C=O) groups is 3. The first-order chi connectivity index (χ1) is 16.8. The molecule has 0 spiro atoms. The van der Waals surface area contributed by atoms with Crippen LogP contribution in [0.2, 0.25) is 0 Å². The predicted molar refractivity (Wildman–Crippen MR) is 135 cm³/mol. The van der Waals surface area contributed by atoms with E-state index in [-0.39, 0.29) is 30.2 Å². The summed E-state index contributed by atoms with van der Waals surface area (Å²) >= 11 is 0. The highest BCUT2D eigenvalue weighted by Gasteiger charge is 2.21. The van der Waals surface area contributed by atoms with E-state index < -0.39 is 0 Å². The van der Waals surface area contributed by atoms with E-state index >= 15 is 0 Å². The van der Waals surface area contributed by atoms with Gasteiger partial charge >= 0.3 is 5.97 Å². The number of hydrogen-bond acceptors (Lipinski definition) is 7. The Kier molecular flexibility index (Phi) is 11.0. The first kappa shape index (κ1) is 27.7. The minimum Gasteiger partial charge on any atom is -0.492 e. The lowest BCUT2D eigenvalue weighted by Gasteiger charge is -2.23. The molecule has 2 amide bonds. The van der Waals surface area contributed by atoms with Crippen molar-refractivity contribution in [2.45, 2.75) is 27.7 Å². The van der Waals surface area contributed by atoms with E-state index in [1.165, 1.54) is 7.11 Å². The van der Waals surface area contributed by atoms with E-state index in [9.17, 15) is 14.4 Å². The molecule has 2 aromatic rings. The van der Waals surface area contributed by atoms with Gasteiger partial charge in [-0.15, -0.1) is 0 Å². The maximum Gasteiger partial charge on any atom is 0.309 e. The van der Waals surface area contributed by atoms with Crippen molar-refractivity contribution in [3.8, 4) is 11.5 Å². The Morgan fingerprint density at radius 3 is 2.00 bits per heavy atom. The van der Waals surface area contributed by atoms with Crippen molar-refractivity contribution in [1.29, 1.82) is 0 Å². The van der Waals surface area contributed by atoms with Gasteiger partial charge in [-0.05, 0) is 32.5 Å². The number of rotatable bonds is 13. The third-order valence-electron chi connectivity index (χ3n) is 5.19. The standard InChI is InChI=1S/C26H35N3O6/c1-6-29(16-18(4)26(32)33-5)17-24(30)27-20-14-23(35-8-3)21(15-22(20)34-7-2)28-25(31)19-12-10-9-11-13-19/h9-15,18H,6-8,16-17H2,1-5H3,(H,27,30)(H,28,31). The summed E-state index contributed by atoms with van der Waals surface area (Å²) in [6.45, 7) is 9.13. The van der Waals surface area contributed by atoms with Gasteiger partial charge in [0.2, 0.25) is 5.91 Å². The van der Waals surface area contributed by atoms with Gasteiger partial charge in [0, 0.05) is 24.2 Å². The summed E-state index contributed by atoms with van der Waals surface area (Å²) in [5.41, 5.74) is 1.37. The van der Waals surface area contributed by atoms with Crippen LogP contribution in [0.15, 0.2) is 42.5 Å². The number of amides is 2. The molecule has 0 heterocycles. The lowest BCUT2D eigenvalue weighted by Crippen LogP contribution is -2.38. The maximum absolute atomic E-state index is 12.8. The summed E-state index contributed by atoms with van der Waals surface area (Å²) < 4.78 is 16.3. The number of hydrogen-bond donors (Lipinski definition) is 2. The largest absolute Gasteiger partial charge is 0.492 e. The summed E-state index contributed by atoms with van der Waals surface area (Å²) in [6, 6.07) is 12.1. The SMILES string of the molecule is CCOc1cc(NC(=O)c2ccccc2)c(OCC)cc1NC(=O)CN(CC)CC(C)C(=O)OC. The van der Waals surface area contributed by atoms with Crippen LogP contribution in [0, 0.1) is 5.92 Å². The van der Waals surface area contributed by atoms with Gasteiger partial charge in [-0.2, -0.15) is 0 Å². The number of nitrogens with zero attached hydrogens (tertiary/aromatic N) is 1. The van der Waals surface area contributed by atoms with Gasteiger partial charge in [0.1, 0.15) is 11.5 Å². The smallest absolute Gasteiger partial charge is 0.309 e. The summed E-state index contributed by atoms with van der Waals surface area (Å²) in [7, 11) is 1.35. The van der Waals surface area contributed by atoms with Crippen molar-refractivity contribution in [2.24, 2.45) is 5.92 Å². The number of nitrogens with one attached hydrogen (secondary N) is 2. The van der Waals surface area contributed by atoms with Crippen LogP contribution in [0.4, 0.5) is 11.4 Å². The average molecular weight is 486 g/mol. The molecule has 0 radical (unpaired) electrons. The van der Waals surface area contributed by atoms with Crippen LogP contribution in [0.3, 0.4) is 0 Å². The van der Waals surface area contributed by atoms with Crippen LogP contribution >= 0.6 is 0 Å². The Bertz CT molecular complexity index is 996. The predicted octanol–water partition coefficient (Wildman–Crippen LogP) is 3.81. The third-order valence-corrected chi connectivity index (χ3v) is 5.19. The second-order valence-corrected chi connectivity index (χ2v) is 7.83. The molecule has 190 valence electrons. The van der Waals surface area contributed by atoms with Crippen molar-refractivity contribution in [3.63, 3.8) is 0 Å². The second kappa shape index (κ2) is 14.0. The number of benzene rings is 2. The zero-order chi connectivity index (χ0) is 25.8. The molecule has 9 nitrogen and oxygen atoms in total. The van der Waals surface area contributed by atoms with E-state index in [1.807, 2.05) is 31.7 Å². The molecule has 35 heavy (non-hydrogen) atoms. The fourth-order valence-electron chi connectivity index (χ4n) is 3.45. The average Bonchev–Trinajstić information content (AvgIpc) is 2.86. The highest BCUT2D eigenvalue weighted by molar-refractivity contribution is 6.05. The Labute approximate surface area is 206 Å². The first-order valence-electron chi connectivity index (χ1n) is 11.7. The zero-order valence-corrected chi connectivity index (χ0v) is 21.1. The molecule has 0 aromatic heterocycles. The Balaban J connectivity index is 2.23. The molecule has 0 saturated heterocycles. The molecular formula is C26H35N3O6. The number of esters is 1. The Morgan fingerprint density at radius 1 is 0.914 bits per heavy atom. The number of anilines is 2. The van der Waals surface area contributed by atoms with Crippen molar-refractivity contribution >= 4 is 29.2 Å². The van der Waals surface area contributed by atoms with Crippen LogP contribution in [0.1, 0.15) is 38.1 Å². The molecule has 0 saturated carbocycles. The number of carbonyl (C=O) groups excluding carboxylic acids is 3. The maximum atomic E-state index is 12.8. The summed E-state index contributed by atoms with van der Waals surface area (Å²) in [4.78, 5) is 39.1. The molecule has 0 fully saturated rings. The highest BCUT2D eigenvalue weighted by Crippen LogP contribution is 2.37. The Morgan fingerprint density at radius 2 is 1.49 bits per heavy atom. The molecule has 2 N–H and O–H groups in total. The van der Waals surface area contributed by atoms with Gasteiger partial charge < -0.3 is 24.8 Å². The van der Waals surface area contributed by atoms with Crippen LogP contribution in [0.5, 0.6) is 11.5 Å². The fourth-order valence-corrected chi connectivity index (χ4v) is 3.45. The third kappa shape index (κ3) is 8.29. The lowest BCUT2D eigenvalue weighted by atomic mass is 10.1. The molecule has 2 aromatic carbocycles. The van der Waals surface area contributed by atoms with Crippen molar-refractivity contribution in [1.82, 2.24) is 4.90 Å². The van der Waals surface area contributed by atoms with E-state index in [0.29, 0.717) is 54.7 Å². The van der Waals surface area contributed by atoms with Gasteiger partial charge in [0.05, 0.1) is 44.2 Å². The van der Waals surface area contributed by atoms with Crippen molar-refractivity contribution in [2.75, 3.05) is 50.6 Å². The monoisotopic (exact) mass is 485 g/mol. The van der Waals surface area contributed by atoms with Crippen LogP contribution in [-0.2, 0) is 14.3 Å². The molecule has 9 heteroatoms. The van der Waals surface area contributed by atoms with E-state index in [4.69, 9.17) is 14.2 Å². The fraction of sp³-hybridized carbons (Fsp3) is 0.423. The van der Waals surface area contributed by atoms with E-state index in [1.54, 1.807) is 43.3 Å². The number of ether oxygens (including phenoxy) is 3. The van der Waals surface area contributed by atoms with Crippen LogP contribution < -0.4 is 20.1 Å². The molecule has 0 aliphatic heterocycles. The molecule has 2 rings (SSSR count). The minimum atomic E-state index is -0.358. The lowest BCUT2D eigenvalue weighted by molar-refractivity contribution is -0.145. The highest BCUT2D eigenvalue weighted by atomic mass is 16.5. The first-order valence-corrected chi connectivity index (χ1v) is 11.7. The molecule has 1 atom stereocenters. The number of likely N-dealkylation sites (N-methyl/N-ethyl adjacent to an activating group) is 1. The van der Waals surface area contributed by atoms with E-state index in [2.05, 4.69) is 10.6 Å². The quantitative estimate of drug-likeness (QED) is 0.416. The minimum absolute atomic E-state index is 0.0832. The molecule has 0 aliphatic carbocycles. The summed E-state index contributed by atoms with van der Waals surface area (Å²) in [6.07, 6.45) is 0. The van der Waals surface area contributed by atoms with Crippen molar-refractivity contribution < 1.29 is 28.6 Å². The normalized spacial score (nSPS) is 11.5. The second-order valence-electron chi connectivity index (χ2n) is 7.83. The molecule has 0 bridgehead atoms. The molecule has 0 aliphatic rings. The topological polar surface area (TPSA) is 106 Å². The number of methoxy groups -OCH3 is 1. The Hall–Kier alpha value is -3.59. The molecule has 1 unspecified atom stereocenters.